The van der Waals surface area contributed by atoms with Crippen LogP contribution in [0.5, 0.6) is 0 Å². The smallest absolute Gasteiger partial charge is 0.233 e. The van der Waals surface area contributed by atoms with Crippen molar-refractivity contribution in [2.75, 3.05) is 20.9 Å². The zero-order chi connectivity index (χ0) is 26.4. The maximum Gasteiger partial charge on any atom is 0.233 e. The van der Waals surface area contributed by atoms with Crippen LogP contribution >= 0.6 is 0 Å². The maximum atomic E-state index is 13.4. The van der Waals surface area contributed by atoms with Crippen LogP contribution in [0.25, 0.3) is 0 Å². The van der Waals surface area contributed by atoms with Crippen LogP contribution in [0.2, 0.25) is 0 Å². The zero-order valence-electron chi connectivity index (χ0n) is 21.6. The number of nitrogens with one attached hydrogen (secondary N) is 2. The second-order valence-corrected chi connectivity index (χ2v) is 16.4. The predicted molar refractivity (Wildman–Crippen MR) is 140 cm³/mol. The van der Waals surface area contributed by atoms with Crippen LogP contribution in [0, 0.1) is 33.5 Å². The van der Waals surface area contributed by atoms with Crippen LogP contribution in [0.4, 0.5) is 11.4 Å². The van der Waals surface area contributed by atoms with Crippen molar-refractivity contribution in [1.82, 2.24) is 0 Å². The molecule has 0 spiro atoms. The van der Waals surface area contributed by atoms with Gasteiger partial charge in [0.1, 0.15) is 0 Å². The van der Waals surface area contributed by atoms with Gasteiger partial charge in [-0.05, 0) is 73.3 Å². The van der Waals surface area contributed by atoms with Crippen molar-refractivity contribution < 1.29 is 27.0 Å². The molecule has 0 aromatic heterocycles. The van der Waals surface area contributed by atoms with E-state index in [-0.39, 0.29) is 33.7 Å². The SMILES string of the molecule is CC1(C)C2CCC1(CS(=O)(=O)Nc1ccccc1NS(=O)(=O)CC13CCC(CC1O)C3(C)C)C(O)C2. The van der Waals surface area contributed by atoms with Crippen molar-refractivity contribution in [2.24, 2.45) is 33.5 Å². The molecule has 4 saturated carbocycles. The van der Waals surface area contributed by atoms with Crippen LogP contribution in [-0.4, -0.2) is 50.8 Å². The normalized spacial score (nSPS) is 38.4. The van der Waals surface area contributed by atoms with Crippen LogP contribution < -0.4 is 9.44 Å². The molecule has 8 nitrogen and oxygen atoms in total. The summed E-state index contributed by atoms with van der Waals surface area (Å²) in [7, 11) is -7.78. The summed E-state index contributed by atoms with van der Waals surface area (Å²) in [5.74, 6) is 0.172. The first-order chi connectivity index (χ1) is 16.6. The lowest BCUT2D eigenvalue weighted by Crippen LogP contribution is -2.46. The van der Waals surface area contributed by atoms with Crippen LogP contribution in [0.15, 0.2) is 24.3 Å². The van der Waals surface area contributed by atoms with Gasteiger partial charge in [0.2, 0.25) is 20.0 Å². The average Bonchev–Trinajstić information content (AvgIpc) is 3.27. The van der Waals surface area contributed by atoms with Crippen LogP contribution in [0.3, 0.4) is 0 Å². The van der Waals surface area contributed by atoms with Gasteiger partial charge >= 0.3 is 0 Å². The molecule has 0 saturated heterocycles. The monoisotopic (exact) mass is 540 g/mol. The minimum atomic E-state index is -3.89. The van der Waals surface area contributed by atoms with E-state index >= 15 is 0 Å². The lowest BCUT2D eigenvalue weighted by molar-refractivity contribution is 0.0153. The summed E-state index contributed by atoms with van der Waals surface area (Å²) in [6.45, 7) is 8.18. The van der Waals surface area contributed by atoms with Crippen molar-refractivity contribution >= 4 is 31.4 Å². The molecular formula is C26H40N2O6S2. The van der Waals surface area contributed by atoms with Crippen LogP contribution in [-0.2, 0) is 20.0 Å². The lowest BCUT2D eigenvalue weighted by atomic mass is 9.70. The molecule has 1 aromatic rings. The Morgan fingerprint density at radius 1 is 0.750 bits per heavy atom. The minimum Gasteiger partial charge on any atom is -0.392 e. The Bertz CT molecular complexity index is 1160. The summed E-state index contributed by atoms with van der Waals surface area (Å²) in [5, 5.41) is 21.6. The molecule has 36 heavy (non-hydrogen) atoms. The van der Waals surface area contributed by atoms with Crippen molar-refractivity contribution in [2.45, 2.75) is 78.4 Å². The first-order valence-electron chi connectivity index (χ1n) is 13.0. The molecule has 4 aliphatic carbocycles. The number of fused-ring (bicyclic) bond motifs is 4. The first kappa shape index (κ1) is 26.3. The molecule has 4 N–H and O–H groups in total. The predicted octanol–water partition coefficient (Wildman–Crippen LogP) is 3.54. The number of anilines is 2. The number of hydrogen-bond donors (Lipinski definition) is 4. The zero-order valence-corrected chi connectivity index (χ0v) is 23.3. The summed E-state index contributed by atoms with van der Waals surface area (Å²) in [6, 6.07) is 6.38. The molecule has 6 atom stereocenters. The molecule has 202 valence electrons. The third kappa shape index (κ3) is 3.73. The number of para-hydroxylation sites is 2. The fraction of sp³-hybridized carbons (Fsp3) is 0.769. The Hall–Kier alpha value is -1.36. The fourth-order valence-electron chi connectivity index (χ4n) is 8.51. The topological polar surface area (TPSA) is 133 Å². The fourth-order valence-corrected chi connectivity index (χ4v) is 12.4. The van der Waals surface area contributed by atoms with E-state index in [1.165, 1.54) is 0 Å². The number of benzene rings is 1. The number of hydrogen-bond acceptors (Lipinski definition) is 6. The number of sulfonamides is 2. The van der Waals surface area contributed by atoms with Gasteiger partial charge in [-0.1, -0.05) is 39.8 Å². The molecule has 4 bridgehead atoms. The lowest BCUT2D eigenvalue weighted by Gasteiger charge is -2.40. The highest BCUT2D eigenvalue weighted by atomic mass is 32.2. The Morgan fingerprint density at radius 3 is 1.39 bits per heavy atom. The van der Waals surface area contributed by atoms with Gasteiger partial charge in [0, 0.05) is 10.8 Å². The Labute approximate surface area is 215 Å². The van der Waals surface area contributed by atoms with E-state index in [2.05, 4.69) is 9.44 Å². The van der Waals surface area contributed by atoms with E-state index in [4.69, 9.17) is 0 Å². The molecule has 10 heteroatoms. The third-order valence-corrected chi connectivity index (χ3v) is 14.0. The van der Waals surface area contributed by atoms with E-state index in [1.54, 1.807) is 24.3 Å². The Balaban J connectivity index is 1.36. The molecule has 6 unspecified atom stereocenters. The van der Waals surface area contributed by atoms with Crippen molar-refractivity contribution in [1.29, 1.82) is 0 Å². The Kier molecular flexibility index (Phi) is 5.89. The van der Waals surface area contributed by atoms with E-state index in [0.29, 0.717) is 37.5 Å². The second-order valence-electron chi connectivity index (χ2n) is 13.0. The third-order valence-electron chi connectivity index (χ3n) is 11.1. The van der Waals surface area contributed by atoms with Crippen molar-refractivity contribution in [3.8, 4) is 0 Å². The van der Waals surface area contributed by atoms with Crippen molar-refractivity contribution in [3.63, 3.8) is 0 Å². The molecule has 0 radical (unpaired) electrons. The van der Waals surface area contributed by atoms with E-state index < -0.39 is 43.1 Å². The molecule has 0 amide bonds. The highest BCUT2D eigenvalue weighted by molar-refractivity contribution is 7.93. The largest absolute Gasteiger partial charge is 0.392 e. The Morgan fingerprint density at radius 2 is 1.11 bits per heavy atom. The summed E-state index contributed by atoms with van der Waals surface area (Å²) in [4.78, 5) is 0. The highest BCUT2D eigenvalue weighted by Crippen LogP contribution is 2.67. The highest BCUT2D eigenvalue weighted by Gasteiger charge is 2.66. The summed E-state index contributed by atoms with van der Waals surface area (Å²) < 4.78 is 58.7. The number of rotatable bonds is 8. The van der Waals surface area contributed by atoms with Gasteiger partial charge in [0.05, 0.1) is 35.1 Å². The van der Waals surface area contributed by atoms with E-state index in [0.717, 1.165) is 12.8 Å². The standard InChI is InChI=1S/C26H40N2O6S2/c1-23(2)17-9-11-25(23,21(29)13-17)15-35(31,32)27-19-7-5-6-8-20(19)28-36(33,34)16-26-12-10-18(14-22(26)30)24(26,3)4/h5-8,17-18,21-22,27-30H,9-16H2,1-4H3. The molecular weight excluding hydrogens is 500 g/mol. The van der Waals surface area contributed by atoms with E-state index in [9.17, 15) is 27.0 Å². The molecule has 0 heterocycles. The van der Waals surface area contributed by atoms with Gasteiger partial charge in [-0.3, -0.25) is 9.44 Å². The quantitative estimate of drug-likeness (QED) is 0.399. The van der Waals surface area contributed by atoms with Gasteiger partial charge in [-0.25, -0.2) is 16.8 Å². The van der Waals surface area contributed by atoms with Gasteiger partial charge in [-0.15, -0.1) is 0 Å². The molecule has 4 fully saturated rings. The summed E-state index contributed by atoms with van der Waals surface area (Å²) >= 11 is 0. The number of aliphatic hydroxyl groups is 2. The van der Waals surface area contributed by atoms with Gasteiger partial charge in [0.15, 0.2) is 0 Å². The summed E-state index contributed by atoms with van der Waals surface area (Å²) in [5.41, 5.74) is -1.72. The number of aliphatic hydroxyl groups excluding tert-OH is 2. The summed E-state index contributed by atoms with van der Waals surface area (Å²) in [6.07, 6.45) is 3.00. The maximum absolute atomic E-state index is 13.4. The van der Waals surface area contributed by atoms with E-state index in [1.807, 2.05) is 27.7 Å². The molecule has 5 rings (SSSR count). The van der Waals surface area contributed by atoms with Crippen molar-refractivity contribution in [3.05, 3.63) is 24.3 Å². The second kappa shape index (κ2) is 8.07. The van der Waals surface area contributed by atoms with Gasteiger partial charge < -0.3 is 10.2 Å². The molecule has 4 aliphatic rings. The van der Waals surface area contributed by atoms with Gasteiger partial charge in [-0.2, -0.15) is 0 Å². The average molecular weight is 541 g/mol. The molecule has 0 aliphatic heterocycles. The van der Waals surface area contributed by atoms with Crippen LogP contribution in [0.1, 0.15) is 66.2 Å². The molecule has 1 aromatic carbocycles. The van der Waals surface area contributed by atoms with Gasteiger partial charge in [0.25, 0.3) is 0 Å². The minimum absolute atomic E-state index is 0.158. The first-order valence-corrected chi connectivity index (χ1v) is 16.3.